The number of benzene rings is 2. The Hall–Kier alpha value is -1.68. The lowest BCUT2D eigenvalue weighted by Crippen LogP contribution is -2.38. The highest BCUT2D eigenvalue weighted by atomic mass is 127. The van der Waals surface area contributed by atoms with Crippen molar-refractivity contribution in [1.29, 1.82) is 0 Å². The van der Waals surface area contributed by atoms with Gasteiger partial charge in [-0.2, -0.15) is 0 Å². The zero-order valence-electron chi connectivity index (χ0n) is 15.9. The maximum Gasteiger partial charge on any atom is 0.191 e. The Labute approximate surface area is 183 Å². The van der Waals surface area contributed by atoms with Gasteiger partial charge in [0.05, 0.1) is 10.6 Å². The van der Waals surface area contributed by atoms with E-state index in [1.54, 1.807) is 36.4 Å². The fourth-order valence-corrected chi connectivity index (χ4v) is 3.87. The molecule has 0 saturated heterocycles. The van der Waals surface area contributed by atoms with Crippen LogP contribution in [0, 0.1) is 5.82 Å². The maximum atomic E-state index is 13.2. The Morgan fingerprint density at radius 1 is 1.07 bits per heavy atom. The van der Waals surface area contributed by atoms with Crippen LogP contribution in [0.4, 0.5) is 4.39 Å². The van der Waals surface area contributed by atoms with Crippen LogP contribution < -0.4 is 10.6 Å². The third-order valence-electron chi connectivity index (χ3n) is 3.88. The molecule has 0 aliphatic rings. The summed E-state index contributed by atoms with van der Waals surface area (Å²) in [5, 5.41) is 6.31. The van der Waals surface area contributed by atoms with Crippen molar-refractivity contribution in [3.05, 3.63) is 66.0 Å². The SMILES string of the molecule is CCNC(=NCCCS(=O)(=O)c1ccccc1)NCCc1cccc(F)c1.I. The van der Waals surface area contributed by atoms with Crippen LogP contribution in [0.3, 0.4) is 0 Å². The van der Waals surface area contributed by atoms with E-state index in [9.17, 15) is 12.8 Å². The van der Waals surface area contributed by atoms with Gasteiger partial charge in [0.2, 0.25) is 0 Å². The average molecular weight is 519 g/mol. The fraction of sp³-hybridized carbons (Fsp3) is 0.350. The summed E-state index contributed by atoms with van der Waals surface area (Å²) >= 11 is 0. The molecular formula is C20H27FIN3O2S. The lowest BCUT2D eigenvalue weighted by atomic mass is 10.1. The van der Waals surface area contributed by atoms with Gasteiger partial charge in [-0.3, -0.25) is 4.99 Å². The third kappa shape index (κ3) is 8.55. The Morgan fingerprint density at radius 3 is 2.50 bits per heavy atom. The van der Waals surface area contributed by atoms with Crippen LogP contribution in [0.15, 0.2) is 64.5 Å². The summed E-state index contributed by atoms with van der Waals surface area (Å²) in [4.78, 5) is 4.76. The minimum absolute atomic E-state index is 0. The highest BCUT2D eigenvalue weighted by molar-refractivity contribution is 14.0. The van der Waals surface area contributed by atoms with E-state index in [4.69, 9.17) is 0 Å². The van der Waals surface area contributed by atoms with Crippen molar-refractivity contribution >= 4 is 39.8 Å². The summed E-state index contributed by atoms with van der Waals surface area (Å²) in [5.74, 6) is 0.446. The van der Waals surface area contributed by atoms with Gasteiger partial charge >= 0.3 is 0 Å². The lowest BCUT2D eigenvalue weighted by Gasteiger charge is -2.11. The normalized spacial score (nSPS) is 11.6. The average Bonchev–Trinajstić information content (AvgIpc) is 2.66. The molecule has 154 valence electrons. The number of nitrogens with one attached hydrogen (secondary N) is 2. The number of hydrogen-bond acceptors (Lipinski definition) is 3. The zero-order chi connectivity index (χ0) is 19.5. The minimum Gasteiger partial charge on any atom is -0.357 e. The van der Waals surface area contributed by atoms with Gasteiger partial charge in [0.25, 0.3) is 0 Å². The van der Waals surface area contributed by atoms with Gasteiger partial charge in [0, 0.05) is 19.6 Å². The smallest absolute Gasteiger partial charge is 0.191 e. The number of rotatable bonds is 9. The van der Waals surface area contributed by atoms with Gasteiger partial charge in [-0.25, -0.2) is 12.8 Å². The predicted molar refractivity (Wildman–Crippen MR) is 123 cm³/mol. The summed E-state index contributed by atoms with van der Waals surface area (Å²) in [6.07, 6.45) is 1.11. The molecule has 0 unspecified atom stereocenters. The first-order valence-electron chi connectivity index (χ1n) is 9.05. The number of sulfone groups is 1. The second-order valence-electron chi connectivity index (χ2n) is 6.05. The molecule has 0 saturated carbocycles. The third-order valence-corrected chi connectivity index (χ3v) is 5.70. The largest absolute Gasteiger partial charge is 0.357 e. The van der Waals surface area contributed by atoms with Crippen molar-refractivity contribution in [3.63, 3.8) is 0 Å². The van der Waals surface area contributed by atoms with E-state index in [-0.39, 0.29) is 35.5 Å². The number of nitrogens with zero attached hydrogens (tertiary/aromatic N) is 1. The molecule has 5 nitrogen and oxygen atoms in total. The fourth-order valence-electron chi connectivity index (χ4n) is 2.55. The van der Waals surface area contributed by atoms with Gasteiger partial charge in [-0.15, -0.1) is 24.0 Å². The molecule has 0 amide bonds. The zero-order valence-corrected chi connectivity index (χ0v) is 19.0. The number of guanidine groups is 1. The molecular weight excluding hydrogens is 492 g/mol. The molecule has 2 N–H and O–H groups in total. The molecule has 2 rings (SSSR count). The first-order valence-corrected chi connectivity index (χ1v) is 10.7. The maximum absolute atomic E-state index is 13.2. The molecule has 0 atom stereocenters. The summed E-state index contributed by atoms with van der Waals surface area (Å²) in [7, 11) is -3.27. The Kier molecular flexibility index (Phi) is 11.1. The van der Waals surface area contributed by atoms with Gasteiger partial charge < -0.3 is 10.6 Å². The Bertz CT molecular complexity index is 846. The van der Waals surface area contributed by atoms with Crippen LogP contribution in [0.25, 0.3) is 0 Å². The van der Waals surface area contributed by atoms with E-state index in [0.29, 0.717) is 43.3 Å². The van der Waals surface area contributed by atoms with Crippen molar-refractivity contribution in [3.8, 4) is 0 Å². The number of halogens is 2. The van der Waals surface area contributed by atoms with Crippen LogP contribution in [0.1, 0.15) is 18.9 Å². The second-order valence-corrected chi connectivity index (χ2v) is 8.16. The first-order chi connectivity index (χ1) is 13.0. The van der Waals surface area contributed by atoms with E-state index in [1.165, 1.54) is 12.1 Å². The summed E-state index contributed by atoms with van der Waals surface area (Å²) < 4.78 is 37.7. The molecule has 0 aliphatic carbocycles. The van der Waals surface area contributed by atoms with Crippen LogP contribution in [0.5, 0.6) is 0 Å². The molecule has 8 heteroatoms. The monoisotopic (exact) mass is 519 g/mol. The topological polar surface area (TPSA) is 70.6 Å². The highest BCUT2D eigenvalue weighted by Gasteiger charge is 2.12. The van der Waals surface area contributed by atoms with Crippen molar-refractivity contribution in [2.45, 2.75) is 24.7 Å². The molecule has 0 aromatic heterocycles. The molecule has 2 aromatic rings. The van der Waals surface area contributed by atoms with Crippen molar-refractivity contribution in [2.24, 2.45) is 4.99 Å². The lowest BCUT2D eigenvalue weighted by molar-refractivity contribution is 0.593. The van der Waals surface area contributed by atoms with Crippen LogP contribution in [-0.2, 0) is 16.3 Å². The van der Waals surface area contributed by atoms with E-state index >= 15 is 0 Å². The number of hydrogen-bond donors (Lipinski definition) is 2. The van der Waals surface area contributed by atoms with Gasteiger partial charge in [-0.05, 0) is 49.6 Å². The molecule has 0 heterocycles. The van der Waals surface area contributed by atoms with E-state index in [2.05, 4.69) is 15.6 Å². The first kappa shape index (κ1) is 24.4. The summed E-state index contributed by atoms with van der Waals surface area (Å²) in [5.41, 5.74) is 0.910. The van der Waals surface area contributed by atoms with E-state index in [0.717, 1.165) is 5.56 Å². The van der Waals surface area contributed by atoms with Gasteiger partial charge in [0.1, 0.15) is 5.82 Å². The predicted octanol–water partition coefficient (Wildman–Crippen LogP) is 3.41. The summed E-state index contributed by atoms with van der Waals surface area (Å²) in [6.45, 7) is 3.68. The second kappa shape index (κ2) is 12.7. The van der Waals surface area contributed by atoms with E-state index in [1.807, 2.05) is 13.0 Å². The highest BCUT2D eigenvalue weighted by Crippen LogP contribution is 2.11. The van der Waals surface area contributed by atoms with Crippen LogP contribution >= 0.6 is 24.0 Å². The quantitative estimate of drug-likeness (QED) is 0.231. The molecule has 0 aliphatic heterocycles. The number of aliphatic imine (C=N–C) groups is 1. The van der Waals surface area contributed by atoms with Crippen molar-refractivity contribution in [2.75, 3.05) is 25.4 Å². The molecule has 0 fully saturated rings. The minimum atomic E-state index is -3.27. The Morgan fingerprint density at radius 2 is 1.82 bits per heavy atom. The summed E-state index contributed by atoms with van der Waals surface area (Å²) in [6, 6.07) is 15.0. The van der Waals surface area contributed by atoms with Gasteiger partial charge in [-0.1, -0.05) is 30.3 Å². The van der Waals surface area contributed by atoms with Crippen LogP contribution in [0.2, 0.25) is 0 Å². The molecule has 0 radical (unpaired) electrons. The molecule has 0 bridgehead atoms. The Balaban J connectivity index is 0.00000392. The van der Waals surface area contributed by atoms with Crippen molar-refractivity contribution in [1.82, 2.24) is 10.6 Å². The van der Waals surface area contributed by atoms with Crippen molar-refractivity contribution < 1.29 is 12.8 Å². The van der Waals surface area contributed by atoms with Gasteiger partial charge in [0.15, 0.2) is 15.8 Å². The molecule has 28 heavy (non-hydrogen) atoms. The van der Waals surface area contributed by atoms with Crippen LogP contribution in [-0.4, -0.2) is 39.8 Å². The molecule has 2 aromatic carbocycles. The molecule has 0 spiro atoms. The standard InChI is InChI=1S/C20H26FN3O2S.HI/c1-2-22-20(24-14-12-17-8-6-9-18(21)16-17)23-13-7-15-27(25,26)19-10-4-3-5-11-19;/h3-6,8-11,16H,2,7,12-15H2,1H3,(H2,22,23,24);1H. The van der Waals surface area contributed by atoms with E-state index < -0.39 is 9.84 Å².